The Bertz CT molecular complexity index is 358. The van der Waals surface area contributed by atoms with Crippen LogP contribution in [-0.2, 0) is 0 Å². The van der Waals surface area contributed by atoms with Crippen molar-refractivity contribution in [3.63, 3.8) is 0 Å². The van der Waals surface area contributed by atoms with E-state index >= 15 is 0 Å². The van der Waals surface area contributed by atoms with Crippen LogP contribution in [0.2, 0.25) is 0 Å². The molecule has 1 N–H and O–H groups in total. The maximum absolute atomic E-state index is 10.8. The van der Waals surface area contributed by atoms with Crippen molar-refractivity contribution in [3.8, 4) is 0 Å². The minimum atomic E-state index is -0.328. The van der Waals surface area contributed by atoms with Gasteiger partial charge in [-0.25, -0.2) is 0 Å². The fourth-order valence-corrected chi connectivity index (χ4v) is 2.42. The molecular formula is C11H16N2O2S. The maximum atomic E-state index is 10.8. The van der Waals surface area contributed by atoms with Gasteiger partial charge in [-0.15, -0.1) is 11.8 Å². The van der Waals surface area contributed by atoms with E-state index in [1.807, 2.05) is 13.1 Å². The Kier molecular flexibility index (Phi) is 5.28. The molecular weight excluding hydrogens is 224 g/mol. The van der Waals surface area contributed by atoms with Gasteiger partial charge in [0.2, 0.25) is 0 Å². The molecule has 1 atom stereocenters. The zero-order valence-corrected chi connectivity index (χ0v) is 10.3. The SMILES string of the molecule is CNCC(C)CSc1ccccc1[N+](=O)[O-]. The Hall–Kier alpha value is -1.07. The standard InChI is InChI=1S/C11H16N2O2S/c1-9(7-12-2)8-16-11-6-4-3-5-10(11)13(14)15/h3-6,9,12H,7-8H2,1-2H3. The zero-order valence-electron chi connectivity index (χ0n) is 9.47. The first-order valence-corrected chi connectivity index (χ1v) is 6.14. The average Bonchev–Trinajstić information content (AvgIpc) is 2.27. The van der Waals surface area contributed by atoms with E-state index in [1.165, 1.54) is 0 Å². The van der Waals surface area contributed by atoms with Crippen LogP contribution in [-0.4, -0.2) is 24.3 Å². The molecule has 0 spiro atoms. The second kappa shape index (κ2) is 6.50. The number of nitro benzene ring substituents is 1. The van der Waals surface area contributed by atoms with Crippen LogP contribution in [0.4, 0.5) is 5.69 Å². The molecule has 0 heterocycles. The molecule has 0 saturated carbocycles. The topological polar surface area (TPSA) is 55.2 Å². The normalized spacial score (nSPS) is 12.4. The number of hydrogen-bond donors (Lipinski definition) is 1. The number of nitro groups is 1. The van der Waals surface area contributed by atoms with Crippen molar-refractivity contribution in [2.24, 2.45) is 5.92 Å². The van der Waals surface area contributed by atoms with E-state index in [-0.39, 0.29) is 10.6 Å². The highest BCUT2D eigenvalue weighted by atomic mass is 32.2. The lowest BCUT2D eigenvalue weighted by atomic mass is 10.2. The van der Waals surface area contributed by atoms with E-state index in [0.29, 0.717) is 5.92 Å². The van der Waals surface area contributed by atoms with Crippen LogP contribution in [0.15, 0.2) is 29.2 Å². The smallest absolute Gasteiger partial charge is 0.282 e. The van der Waals surface area contributed by atoms with Crippen LogP contribution in [0.5, 0.6) is 0 Å². The first kappa shape index (κ1) is 13.0. The Morgan fingerprint density at radius 1 is 1.50 bits per heavy atom. The summed E-state index contributed by atoms with van der Waals surface area (Å²) in [6.45, 7) is 3.05. The number of thioether (sulfide) groups is 1. The summed E-state index contributed by atoms with van der Waals surface area (Å²) >= 11 is 1.54. The molecule has 1 rings (SSSR count). The Balaban J connectivity index is 2.63. The van der Waals surface area contributed by atoms with Crippen LogP contribution >= 0.6 is 11.8 Å². The van der Waals surface area contributed by atoms with Crippen molar-refractivity contribution in [3.05, 3.63) is 34.4 Å². The van der Waals surface area contributed by atoms with Gasteiger partial charge in [0.05, 0.1) is 9.82 Å². The molecule has 0 aliphatic carbocycles. The Labute approximate surface area is 99.6 Å². The van der Waals surface area contributed by atoms with E-state index in [4.69, 9.17) is 0 Å². The van der Waals surface area contributed by atoms with E-state index in [1.54, 1.807) is 30.0 Å². The first-order chi connectivity index (χ1) is 7.65. The highest BCUT2D eigenvalue weighted by Gasteiger charge is 2.13. The van der Waals surface area contributed by atoms with Gasteiger partial charge in [-0.1, -0.05) is 19.1 Å². The third-order valence-electron chi connectivity index (χ3n) is 2.14. The van der Waals surface area contributed by atoms with Gasteiger partial charge >= 0.3 is 0 Å². The van der Waals surface area contributed by atoms with E-state index in [9.17, 15) is 10.1 Å². The third kappa shape index (κ3) is 3.83. The van der Waals surface area contributed by atoms with Gasteiger partial charge in [0.15, 0.2) is 0 Å². The second-order valence-corrected chi connectivity index (χ2v) is 4.76. The van der Waals surface area contributed by atoms with Gasteiger partial charge in [0, 0.05) is 11.8 Å². The summed E-state index contributed by atoms with van der Waals surface area (Å²) in [4.78, 5) is 11.2. The molecule has 0 fully saturated rings. The molecule has 1 aromatic carbocycles. The molecule has 0 saturated heterocycles. The molecule has 0 radical (unpaired) electrons. The third-order valence-corrected chi connectivity index (χ3v) is 3.53. The molecule has 0 aliphatic heterocycles. The predicted octanol–water partition coefficient (Wildman–Crippen LogP) is 2.54. The summed E-state index contributed by atoms with van der Waals surface area (Å²) in [6, 6.07) is 6.87. The summed E-state index contributed by atoms with van der Waals surface area (Å²) in [6.07, 6.45) is 0. The number of rotatable bonds is 6. The Morgan fingerprint density at radius 3 is 2.81 bits per heavy atom. The number of nitrogens with one attached hydrogen (secondary N) is 1. The van der Waals surface area contributed by atoms with Gasteiger partial charge in [-0.2, -0.15) is 0 Å². The molecule has 5 heteroatoms. The predicted molar refractivity (Wildman–Crippen MR) is 66.9 cm³/mol. The summed E-state index contributed by atoms with van der Waals surface area (Å²) in [5, 5.41) is 13.9. The van der Waals surface area contributed by atoms with Crippen molar-refractivity contribution >= 4 is 17.4 Å². The minimum absolute atomic E-state index is 0.198. The average molecular weight is 240 g/mol. The van der Waals surface area contributed by atoms with Crippen molar-refractivity contribution in [2.45, 2.75) is 11.8 Å². The fourth-order valence-electron chi connectivity index (χ4n) is 1.37. The summed E-state index contributed by atoms with van der Waals surface area (Å²) in [5.41, 5.74) is 0.198. The monoisotopic (exact) mass is 240 g/mol. The minimum Gasteiger partial charge on any atom is -0.319 e. The molecule has 4 nitrogen and oxygen atoms in total. The molecule has 16 heavy (non-hydrogen) atoms. The molecule has 0 aromatic heterocycles. The molecule has 0 bridgehead atoms. The first-order valence-electron chi connectivity index (χ1n) is 5.16. The number of para-hydroxylation sites is 1. The highest BCUT2D eigenvalue weighted by Crippen LogP contribution is 2.29. The zero-order chi connectivity index (χ0) is 12.0. The van der Waals surface area contributed by atoms with Gasteiger partial charge in [-0.3, -0.25) is 10.1 Å². The second-order valence-electron chi connectivity index (χ2n) is 3.70. The van der Waals surface area contributed by atoms with Crippen LogP contribution < -0.4 is 5.32 Å². The van der Waals surface area contributed by atoms with E-state index in [2.05, 4.69) is 12.2 Å². The van der Waals surface area contributed by atoms with Crippen molar-refractivity contribution in [2.75, 3.05) is 19.3 Å². The molecule has 1 unspecified atom stereocenters. The van der Waals surface area contributed by atoms with Gasteiger partial charge in [0.25, 0.3) is 5.69 Å². The summed E-state index contributed by atoms with van der Waals surface area (Å²) in [7, 11) is 1.91. The van der Waals surface area contributed by atoms with Crippen molar-refractivity contribution in [1.82, 2.24) is 5.32 Å². The van der Waals surface area contributed by atoms with Gasteiger partial charge in [0.1, 0.15) is 0 Å². The molecule has 0 amide bonds. The quantitative estimate of drug-likeness (QED) is 0.471. The van der Waals surface area contributed by atoms with Crippen molar-refractivity contribution in [1.29, 1.82) is 0 Å². The van der Waals surface area contributed by atoms with Gasteiger partial charge < -0.3 is 5.32 Å². The molecule has 0 aliphatic rings. The van der Waals surface area contributed by atoms with Crippen LogP contribution in [0, 0.1) is 16.0 Å². The lowest BCUT2D eigenvalue weighted by Gasteiger charge is -2.09. The lowest BCUT2D eigenvalue weighted by molar-refractivity contribution is -0.387. The number of hydrogen-bond acceptors (Lipinski definition) is 4. The van der Waals surface area contributed by atoms with Crippen molar-refractivity contribution < 1.29 is 4.92 Å². The fraction of sp³-hybridized carbons (Fsp3) is 0.455. The van der Waals surface area contributed by atoms with Crippen LogP contribution in [0.25, 0.3) is 0 Å². The van der Waals surface area contributed by atoms with Crippen LogP contribution in [0.3, 0.4) is 0 Å². The Morgan fingerprint density at radius 2 is 2.19 bits per heavy atom. The van der Waals surface area contributed by atoms with Crippen LogP contribution in [0.1, 0.15) is 6.92 Å². The van der Waals surface area contributed by atoms with E-state index in [0.717, 1.165) is 17.2 Å². The lowest BCUT2D eigenvalue weighted by Crippen LogP contribution is -2.17. The molecule has 1 aromatic rings. The van der Waals surface area contributed by atoms with E-state index < -0.39 is 0 Å². The van der Waals surface area contributed by atoms with Gasteiger partial charge in [-0.05, 0) is 25.6 Å². The largest absolute Gasteiger partial charge is 0.319 e. The summed E-state index contributed by atoms with van der Waals surface area (Å²) in [5.74, 6) is 1.38. The summed E-state index contributed by atoms with van der Waals surface area (Å²) < 4.78 is 0. The highest BCUT2D eigenvalue weighted by molar-refractivity contribution is 7.99. The maximum Gasteiger partial charge on any atom is 0.282 e. The molecule has 88 valence electrons. The number of benzene rings is 1. The number of nitrogens with zero attached hydrogens (tertiary/aromatic N) is 1.